The number of hydrogen-bond acceptors (Lipinski definition) is 1. The van der Waals surface area contributed by atoms with Crippen LogP contribution < -0.4 is 0 Å². The van der Waals surface area contributed by atoms with Gasteiger partial charge in [-0.15, -0.1) is 0 Å². The summed E-state index contributed by atoms with van der Waals surface area (Å²) in [5.74, 6) is 0. The molecule has 18 heavy (non-hydrogen) atoms. The molecule has 0 rings (SSSR count). The summed E-state index contributed by atoms with van der Waals surface area (Å²) in [6, 6.07) is 0. The van der Waals surface area contributed by atoms with E-state index in [0.717, 1.165) is 6.42 Å². The van der Waals surface area contributed by atoms with Crippen LogP contribution in [0.15, 0.2) is 12.2 Å². The van der Waals surface area contributed by atoms with Crippen LogP contribution >= 0.6 is 0 Å². The first-order valence-corrected chi connectivity index (χ1v) is 10.5. The van der Waals surface area contributed by atoms with Gasteiger partial charge in [-0.05, 0) is 31.0 Å². The van der Waals surface area contributed by atoms with Gasteiger partial charge in [0.15, 0.2) is 8.32 Å². The van der Waals surface area contributed by atoms with Gasteiger partial charge in [-0.3, -0.25) is 0 Å². The highest BCUT2D eigenvalue weighted by atomic mass is 28.4. The molecule has 0 bridgehead atoms. The van der Waals surface area contributed by atoms with Crippen molar-refractivity contribution in [2.24, 2.45) is 0 Å². The van der Waals surface area contributed by atoms with E-state index in [9.17, 15) is 0 Å². The van der Waals surface area contributed by atoms with E-state index in [1.165, 1.54) is 25.7 Å². The fraction of sp³-hybridized carbons (Fsp3) is 0.875. The molecule has 0 heterocycles. The molecule has 0 aromatic carbocycles. The van der Waals surface area contributed by atoms with E-state index in [4.69, 9.17) is 4.43 Å². The van der Waals surface area contributed by atoms with E-state index in [0.29, 0.717) is 11.1 Å². The second-order valence-corrected chi connectivity index (χ2v) is 11.5. The van der Waals surface area contributed by atoms with Gasteiger partial charge in [-0.25, -0.2) is 0 Å². The monoisotopic (exact) mass is 270 g/mol. The fourth-order valence-electron chi connectivity index (χ4n) is 1.60. The first kappa shape index (κ1) is 17.9. The summed E-state index contributed by atoms with van der Waals surface area (Å²) in [6.07, 6.45) is 11.0. The molecule has 0 aliphatic heterocycles. The molecule has 0 spiro atoms. The van der Waals surface area contributed by atoms with E-state index in [2.05, 4.69) is 59.9 Å². The van der Waals surface area contributed by atoms with Crippen LogP contribution in [0.4, 0.5) is 0 Å². The Morgan fingerprint density at radius 2 is 1.72 bits per heavy atom. The molecule has 0 unspecified atom stereocenters. The molecule has 108 valence electrons. The lowest BCUT2D eigenvalue weighted by atomic mass is 10.1. The van der Waals surface area contributed by atoms with Crippen LogP contribution in [0.5, 0.6) is 0 Å². The quantitative estimate of drug-likeness (QED) is 0.302. The van der Waals surface area contributed by atoms with Crippen LogP contribution in [0.25, 0.3) is 0 Å². The minimum absolute atomic E-state index is 0.302. The zero-order chi connectivity index (χ0) is 14.2. The summed E-state index contributed by atoms with van der Waals surface area (Å²) in [4.78, 5) is 0. The van der Waals surface area contributed by atoms with Crippen molar-refractivity contribution in [3.63, 3.8) is 0 Å². The lowest BCUT2D eigenvalue weighted by molar-refractivity contribution is 0.213. The summed E-state index contributed by atoms with van der Waals surface area (Å²) < 4.78 is 6.48. The Bertz CT molecular complexity index is 238. The predicted molar refractivity (Wildman–Crippen MR) is 85.6 cm³/mol. The van der Waals surface area contributed by atoms with Crippen LogP contribution in [-0.4, -0.2) is 14.4 Å². The molecule has 0 aromatic heterocycles. The van der Waals surface area contributed by atoms with Gasteiger partial charge in [0.05, 0.1) is 6.10 Å². The molecule has 0 saturated heterocycles. The number of unbranched alkanes of at least 4 members (excludes halogenated alkanes) is 2. The average Bonchev–Trinajstić information content (AvgIpc) is 2.22. The standard InChI is InChI=1S/C16H34OSi/c1-8-10-11-12-14-15(13-9-2)17-18(6,7)16(3,4)5/h12,14-15H,8-11,13H2,1-7H3/b14-12-/t15-/m0/s1. The van der Waals surface area contributed by atoms with Gasteiger partial charge in [0.1, 0.15) is 0 Å². The highest BCUT2D eigenvalue weighted by Gasteiger charge is 2.38. The molecule has 0 radical (unpaired) electrons. The van der Waals surface area contributed by atoms with Crippen molar-refractivity contribution in [1.82, 2.24) is 0 Å². The molecule has 0 aliphatic rings. The van der Waals surface area contributed by atoms with Crippen molar-refractivity contribution < 1.29 is 4.43 Å². The van der Waals surface area contributed by atoms with E-state index >= 15 is 0 Å². The van der Waals surface area contributed by atoms with Crippen LogP contribution in [-0.2, 0) is 4.43 Å². The molecule has 0 amide bonds. The topological polar surface area (TPSA) is 9.23 Å². The highest BCUT2D eigenvalue weighted by molar-refractivity contribution is 6.74. The summed E-state index contributed by atoms with van der Waals surface area (Å²) in [7, 11) is -1.62. The second kappa shape index (κ2) is 8.16. The zero-order valence-electron chi connectivity index (χ0n) is 13.7. The minimum Gasteiger partial charge on any atom is -0.411 e. The predicted octanol–water partition coefficient (Wildman–Crippen LogP) is 5.92. The van der Waals surface area contributed by atoms with Gasteiger partial charge in [0.25, 0.3) is 0 Å². The molecular formula is C16H34OSi. The average molecular weight is 271 g/mol. The summed E-state index contributed by atoms with van der Waals surface area (Å²) >= 11 is 0. The van der Waals surface area contributed by atoms with Crippen LogP contribution in [0.1, 0.15) is 66.7 Å². The van der Waals surface area contributed by atoms with Gasteiger partial charge in [-0.2, -0.15) is 0 Å². The van der Waals surface area contributed by atoms with Crippen molar-refractivity contribution >= 4 is 8.32 Å². The Morgan fingerprint density at radius 1 is 1.11 bits per heavy atom. The minimum atomic E-state index is -1.62. The van der Waals surface area contributed by atoms with Crippen molar-refractivity contribution in [3.05, 3.63) is 12.2 Å². The normalized spacial score (nSPS) is 15.3. The lowest BCUT2D eigenvalue weighted by Crippen LogP contribution is -2.43. The van der Waals surface area contributed by atoms with Crippen LogP contribution in [0.3, 0.4) is 0 Å². The first-order valence-electron chi connectivity index (χ1n) is 7.59. The van der Waals surface area contributed by atoms with Crippen LogP contribution in [0, 0.1) is 0 Å². The Hall–Kier alpha value is -0.0831. The molecular weight excluding hydrogens is 236 g/mol. The summed E-state index contributed by atoms with van der Waals surface area (Å²) in [5.41, 5.74) is 0. The highest BCUT2D eigenvalue weighted by Crippen LogP contribution is 2.37. The van der Waals surface area contributed by atoms with Gasteiger partial charge >= 0.3 is 0 Å². The van der Waals surface area contributed by atoms with Gasteiger partial charge in [0.2, 0.25) is 0 Å². The number of allylic oxidation sites excluding steroid dienone is 1. The van der Waals surface area contributed by atoms with Crippen molar-refractivity contribution in [2.45, 2.75) is 91.0 Å². The van der Waals surface area contributed by atoms with E-state index in [1.54, 1.807) is 0 Å². The van der Waals surface area contributed by atoms with Crippen molar-refractivity contribution in [3.8, 4) is 0 Å². The molecule has 2 heteroatoms. The maximum absolute atomic E-state index is 6.48. The van der Waals surface area contributed by atoms with E-state index in [-0.39, 0.29) is 0 Å². The second-order valence-electron chi connectivity index (χ2n) is 6.78. The third-order valence-electron chi connectivity index (χ3n) is 3.90. The number of hydrogen-bond donors (Lipinski definition) is 0. The molecule has 0 N–H and O–H groups in total. The van der Waals surface area contributed by atoms with E-state index < -0.39 is 8.32 Å². The van der Waals surface area contributed by atoms with Gasteiger partial charge in [-0.1, -0.05) is 66.0 Å². The lowest BCUT2D eigenvalue weighted by Gasteiger charge is -2.38. The SMILES string of the molecule is CCCC/C=C\[C@H](CCC)O[Si](C)(C)C(C)(C)C. The zero-order valence-corrected chi connectivity index (χ0v) is 14.7. The summed E-state index contributed by atoms with van der Waals surface area (Å²) in [5, 5.41) is 0.302. The van der Waals surface area contributed by atoms with Crippen molar-refractivity contribution in [2.75, 3.05) is 0 Å². The maximum Gasteiger partial charge on any atom is 0.192 e. The van der Waals surface area contributed by atoms with Gasteiger partial charge < -0.3 is 4.43 Å². The number of rotatable bonds is 8. The summed E-state index contributed by atoms with van der Waals surface area (Å²) in [6.45, 7) is 16.1. The third kappa shape index (κ3) is 6.74. The molecule has 1 nitrogen and oxygen atoms in total. The maximum atomic E-state index is 6.48. The van der Waals surface area contributed by atoms with Gasteiger partial charge in [0, 0.05) is 0 Å². The Morgan fingerprint density at radius 3 is 2.17 bits per heavy atom. The molecule has 0 saturated carbocycles. The van der Waals surface area contributed by atoms with Crippen LogP contribution in [0.2, 0.25) is 18.1 Å². The van der Waals surface area contributed by atoms with Crippen molar-refractivity contribution in [1.29, 1.82) is 0 Å². The first-order chi connectivity index (χ1) is 8.24. The van der Waals surface area contributed by atoms with E-state index in [1.807, 2.05) is 0 Å². The fourth-order valence-corrected chi connectivity index (χ4v) is 2.91. The molecule has 0 aliphatic carbocycles. The Balaban J connectivity index is 4.48. The smallest absolute Gasteiger partial charge is 0.192 e. The molecule has 1 atom stereocenters. The Kier molecular flexibility index (Phi) is 8.12. The Labute approximate surface area is 116 Å². The molecule has 0 aromatic rings. The third-order valence-corrected chi connectivity index (χ3v) is 8.40. The molecule has 0 fully saturated rings. The largest absolute Gasteiger partial charge is 0.411 e.